The summed E-state index contributed by atoms with van der Waals surface area (Å²) in [6.45, 7) is 6.58. The van der Waals surface area contributed by atoms with E-state index in [1.54, 1.807) is 24.4 Å². The van der Waals surface area contributed by atoms with Crippen LogP contribution in [0.25, 0.3) is 0 Å². The summed E-state index contributed by atoms with van der Waals surface area (Å²) in [5.41, 5.74) is 0.923. The average molecular weight is 537 g/mol. The van der Waals surface area contributed by atoms with E-state index in [4.69, 9.17) is 9.15 Å². The molecule has 1 aromatic carbocycles. The molecule has 0 spiro atoms. The van der Waals surface area contributed by atoms with Crippen molar-refractivity contribution in [1.82, 2.24) is 25.0 Å². The van der Waals surface area contributed by atoms with Crippen LogP contribution in [-0.2, 0) is 27.4 Å². The monoisotopic (exact) mass is 536 g/mol. The highest BCUT2D eigenvalue weighted by Gasteiger charge is 2.45. The minimum absolute atomic E-state index is 0.0780. The van der Waals surface area contributed by atoms with Crippen LogP contribution >= 0.6 is 0 Å². The van der Waals surface area contributed by atoms with Gasteiger partial charge in [-0.1, -0.05) is 6.07 Å². The highest BCUT2D eigenvalue weighted by atomic mass is 16.5. The molecule has 12 nitrogen and oxygen atoms in total. The topological polar surface area (TPSA) is 137 Å². The van der Waals surface area contributed by atoms with E-state index in [-0.39, 0.29) is 30.5 Å². The normalized spacial score (nSPS) is 23.3. The molecule has 3 fully saturated rings. The number of likely N-dealkylation sites (tertiary alicyclic amines) is 1. The summed E-state index contributed by atoms with van der Waals surface area (Å²) >= 11 is 0. The first-order valence-electron chi connectivity index (χ1n) is 13.5. The molecule has 0 bridgehead atoms. The fraction of sp³-hybridized carbons (Fsp3) is 0.519. The first-order chi connectivity index (χ1) is 19.0. The lowest BCUT2D eigenvalue weighted by molar-refractivity contribution is -0.136. The number of ether oxygens (including phenoxy) is 1. The van der Waals surface area contributed by atoms with E-state index >= 15 is 0 Å². The fourth-order valence-electron chi connectivity index (χ4n) is 5.92. The zero-order valence-electron chi connectivity index (χ0n) is 21.7. The summed E-state index contributed by atoms with van der Waals surface area (Å²) in [5.74, 6) is -0.859. The van der Waals surface area contributed by atoms with Crippen LogP contribution in [0.1, 0.15) is 58.1 Å². The number of anilines is 1. The van der Waals surface area contributed by atoms with E-state index in [1.165, 1.54) is 0 Å². The molecule has 206 valence electrons. The highest BCUT2D eigenvalue weighted by Crippen LogP contribution is 2.32. The van der Waals surface area contributed by atoms with Crippen molar-refractivity contribution in [2.75, 3.05) is 44.7 Å². The van der Waals surface area contributed by atoms with Crippen molar-refractivity contribution < 1.29 is 28.3 Å². The Morgan fingerprint density at radius 2 is 1.79 bits per heavy atom. The van der Waals surface area contributed by atoms with Crippen molar-refractivity contribution in [2.24, 2.45) is 0 Å². The third-order valence-corrected chi connectivity index (χ3v) is 8.00. The number of fused-ring (bicyclic) bond motifs is 1. The predicted octanol–water partition coefficient (Wildman–Crippen LogP) is 0.985. The number of amides is 4. The Balaban J connectivity index is 1.05. The Labute approximate surface area is 225 Å². The van der Waals surface area contributed by atoms with Gasteiger partial charge in [0.05, 0.1) is 43.6 Å². The van der Waals surface area contributed by atoms with E-state index in [0.717, 1.165) is 57.1 Å². The summed E-state index contributed by atoms with van der Waals surface area (Å²) in [6.07, 6.45) is 4.11. The molecule has 1 aromatic heterocycles. The molecule has 0 aliphatic carbocycles. The Morgan fingerprint density at radius 1 is 1.00 bits per heavy atom. The van der Waals surface area contributed by atoms with Crippen LogP contribution in [0.3, 0.4) is 0 Å². The number of nitrogens with zero attached hydrogens (tertiary/aromatic N) is 4. The molecule has 5 heterocycles. The second-order valence-corrected chi connectivity index (χ2v) is 10.4. The standard InChI is InChI=1S/C27H32N6O6/c34-22-5-4-21(25(35)30-22)33-26(36)19-2-1-3-20(24(19)27(33)37)28-14-18-15-29-23(39-18)16-31-8-6-17(7-9-31)32-10-12-38-13-11-32/h1-3,15,17,21,28H,4-14,16H2,(H,30,34,35). The zero-order chi connectivity index (χ0) is 26.9. The van der Waals surface area contributed by atoms with Gasteiger partial charge in [-0.3, -0.25) is 39.2 Å². The third-order valence-electron chi connectivity index (χ3n) is 8.00. The molecule has 1 unspecified atom stereocenters. The van der Waals surface area contributed by atoms with Gasteiger partial charge in [-0.2, -0.15) is 0 Å². The number of hydrogen-bond donors (Lipinski definition) is 2. The lowest BCUT2D eigenvalue weighted by Gasteiger charge is -2.39. The predicted molar refractivity (Wildman–Crippen MR) is 138 cm³/mol. The van der Waals surface area contributed by atoms with E-state index < -0.39 is 29.7 Å². The molecular weight excluding hydrogens is 504 g/mol. The smallest absolute Gasteiger partial charge is 0.264 e. The lowest BCUT2D eigenvalue weighted by Crippen LogP contribution is -2.54. The summed E-state index contributed by atoms with van der Waals surface area (Å²) in [6, 6.07) is 4.59. The molecular formula is C27H32N6O6. The second kappa shape index (κ2) is 10.9. The van der Waals surface area contributed by atoms with E-state index in [2.05, 4.69) is 25.4 Å². The van der Waals surface area contributed by atoms with Crippen LogP contribution < -0.4 is 10.6 Å². The number of imide groups is 2. The first kappa shape index (κ1) is 25.7. The number of carbonyl (C=O) groups excluding carboxylic acids is 4. The van der Waals surface area contributed by atoms with Crippen LogP contribution in [0.15, 0.2) is 28.8 Å². The molecule has 39 heavy (non-hydrogen) atoms. The number of aromatic nitrogens is 1. The number of morpholine rings is 1. The number of oxazole rings is 1. The molecule has 0 radical (unpaired) electrons. The fourth-order valence-corrected chi connectivity index (χ4v) is 5.92. The Morgan fingerprint density at radius 3 is 2.56 bits per heavy atom. The average Bonchev–Trinajstić information content (AvgIpc) is 3.50. The minimum atomic E-state index is -1.00. The molecule has 3 saturated heterocycles. The molecule has 2 N–H and O–H groups in total. The van der Waals surface area contributed by atoms with Gasteiger partial charge >= 0.3 is 0 Å². The molecule has 4 amide bonds. The summed E-state index contributed by atoms with van der Waals surface area (Å²) in [7, 11) is 0. The molecule has 4 aliphatic heterocycles. The van der Waals surface area contributed by atoms with Gasteiger partial charge in [-0.25, -0.2) is 4.98 Å². The van der Waals surface area contributed by atoms with E-state index in [0.29, 0.717) is 29.9 Å². The van der Waals surface area contributed by atoms with Gasteiger partial charge < -0.3 is 14.5 Å². The summed E-state index contributed by atoms with van der Waals surface area (Å²) < 4.78 is 11.4. The van der Waals surface area contributed by atoms with Crippen LogP contribution in [0.5, 0.6) is 0 Å². The van der Waals surface area contributed by atoms with Gasteiger partial charge in [0.2, 0.25) is 17.7 Å². The molecule has 1 atom stereocenters. The molecule has 0 saturated carbocycles. The third kappa shape index (κ3) is 5.19. The van der Waals surface area contributed by atoms with Gasteiger partial charge in [0.25, 0.3) is 11.8 Å². The molecule has 2 aromatic rings. The van der Waals surface area contributed by atoms with Gasteiger partial charge in [0.1, 0.15) is 11.8 Å². The van der Waals surface area contributed by atoms with Crippen molar-refractivity contribution >= 4 is 29.3 Å². The molecule has 4 aliphatic rings. The quantitative estimate of drug-likeness (QED) is 0.493. The lowest BCUT2D eigenvalue weighted by atomic mass is 10.0. The maximum Gasteiger partial charge on any atom is 0.264 e. The molecule has 6 rings (SSSR count). The van der Waals surface area contributed by atoms with Crippen molar-refractivity contribution in [2.45, 2.75) is 50.9 Å². The van der Waals surface area contributed by atoms with Crippen molar-refractivity contribution in [3.05, 3.63) is 47.2 Å². The van der Waals surface area contributed by atoms with Crippen LogP contribution in [0.4, 0.5) is 5.69 Å². The second-order valence-electron chi connectivity index (χ2n) is 10.4. The summed E-state index contributed by atoms with van der Waals surface area (Å²) in [4.78, 5) is 60.5. The van der Waals surface area contributed by atoms with Crippen LogP contribution in [0, 0.1) is 0 Å². The van der Waals surface area contributed by atoms with Gasteiger partial charge in [-0.05, 0) is 31.4 Å². The van der Waals surface area contributed by atoms with E-state index in [9.17, 15) is 19.2 Å². The SMILES string of the molecule is O=C1CCC(N2C(=O)c3cccc(NCc4cnc(CN5CCC(N6CCOCC6)CC5)o4)c3C2=O)C(=O)N1. The minimum Gasteiger partial charge on any atom is -0.442 e. The number of nitrogens with one attached hydrogen (secondary N) is 2. The van der Waals surface area contributed by atoms with Crippen molar-refractivity contribution in [3.63, 3.8) is 0 Å². The number of carbonyl (C=O) groups is 4. The van der Waals surface area contributed by atoms with Crippen molar-refractivity contribution in [3.8, 4) is 0 Å². The Kier molecular flexibility index (Phi) is 7.15. The number of benzene rings is 1. The van der Waals surface area contributed by atoms with E-state index in [1.807, 2.05) is 0 Å². The highest BCUT2D eigenvalue weighted by molar-refractivity contribution is 6.25. The summed E-state index contributed by atoms with van der Waals surface area (Å²) in [5, 5.41) is 5.41. The maximum absolute atomic E-state index is 13.3. The molecule has 12 heteroatoms. The number of piperidine rings is 2. The van der Waals surface area contributed by atoms with Crippen molar-refractivity contribution in [1.29, 1.82) is 0 Å². The van der Waals surface area contributed by atoms with Gasteiger partial charge in [0, 0.05) is 44.3 Å². The van der Waals surface area contributed by atoms with Gasteiger partial charge in [-0.15, -0.1) is 0 Å². The maximum atomic E-state index is 13.3. The van der Waals surface area contributed by atoms with Crippen LogP contribution in [0.2, 0.25) is 0 Å². The van der Waals surface area contributed by atoms with Gasteiger partial charge in [0.15, 0.2) is 0 Å². The first-order valence-corrected chi connectivity index (χ1v) is 13.5. The number of hydrogen-bond acceptors (Lipinski definition) is 10. The largest absolute Gasteiger partial charge is 0.442 e. The number of rotatable bonds is 7. The zero-order valence-corrected chi connectivity index (χ0v) is 21.7. The Bertz CT molecular complexity index is 1280. The Hall–Kier alpha value is -3.61. The van der Waals surface area contributed by atoms with Crippen LogP contribution in [-0.4, -0.2) is 94.8 Å².